The molecular weight excluding hydrogens is 136 g/mol. The SMILES string of the molecule is [N]=NC1OCCCC1=S. The van der Waals surface area contributed by atoms with Crippen LogP contribution in [0.25, 0.3) is 0 Å². The molecule has 9 heavy (non-hydrogen) atoms. The van der Waals surface area contributed by atoms with E-state index in [4.69, 9.17) is 22.5 Å². The van der Waals surface area contributed by atoms with E-state index in [-0.39, 0.29) is 0 Å². The van der Waals surface area contributed by atoms with Gasteiger partial charge in [0.1, 0.15) is 0 Å². The molecule has 1 heterocycles. The number of nitrogens with zero attached hydrogens (tertiary/aromatic N) is 2. The van der Waals surface area contributed by atoms with Crippen LogP contribution in [0.1, 0.15) is 12.8 Å². The van der Waals surface area contributed by atoms with Crippen LogP contribution in [0.4, 0.5) is 0 Å². The van der Waals surface area contributed by atoms with Gasteiger partial charge in [-0.15, -0.1) is 5.11 Å². The van der Waals surface area contributed by atoms with E-state index in [9.17, 15) is 0 Å². The van der Waals surface area contributed by atoms with Crippen LogP contribution in [0.3, 0.4) is 0 Å². The molecule has 49 valence electrons. The fourth-order valence-electron chi connectivity index (χ4n) is 0.756. The molecule has 4 heteroatoms. The second-order valence-electron chi connectivity index (χ2n) is 1.91. The van der Waals surface area contributed by atoms with Gasteiger partial charge in [0.2, 0.25) is 6.23 Å². The first-order chi connectivity index (χ1) is 4.34. The molecule has 1 radical (unpaired) electrons. The molecule has 1 aliphatic heterocycles. The lowest BCUT2D eigenvalue weighted by atomic mass is 10.2. The molecular formula is C5H7N2OS. The normalized spacial score (nSPS) is 28.0. The van der Waals surface area contributed by atoms with Gasteiger partial charge in [-0.1, -0.05) is 12.2 Å². The lowest BCUT2D eigenvalue weighted by Gasteiger charge is -2.17. The van der Waals surface area contributed by atoms with Gasteiger partial charge in [-0.2, -0.15) is 0 Å². The zero-order valence-electron chi connectivity index (χ0n) is 4.91. The molecule has 0 spiro atoms. The van der Waals surface area contributed by atoms with Gasteiger partial charge in [0.15, 0.2) is 0 Å². The fourth-order valence-corrected chi connectivity index (χ4v) is 1.02. The van der Waals surface area contributed by atoms with Gasteiger partial charge in [0.25, 0.3) is 0 Å². The molecule has 1 rings (SSSR count). The summed E-state index contributed by atoms with van der Waals surface area (Å²) in [4.78, 5) is 0.698. The Morgan fingerprint density at radius 1 is 1.78 bits per heavy atom. The van der Waals surface area contributed by atoms with Gasteiger partial charge in [0, 0.05) is 4.86 Å². The van der Waals surface area contributed by atoms with E-state index in [1.54, 1.807) is 0 Å². The summed E-state index contributed by atoms with van der Waals surface area (Å²) in [5, 5.41) is 2.97. The second-order valence-corrected chi connectivity index (χ2v) is 2.43. The van der Waals surface area contributed by atoms with Crippen molar-refractivity contribution in [3.8, 4) is 0 Å². The minimum Gasteiger partial charge on any atom is -0.350 e. The van der Waals surface area contributed by atoms with E-state index in [1.165, 1.54) is 0 Å². The predicted octanol–water partition coefficient (Wildman–Crippen LogP) is 0.745. The first kappa shape index (κ1) is 6.77. The number of thiocarbonyl (C=S) groups is 1. The third-order valence-corrected chi connectivity index (χ3v) is 1.63. The highest BCUT2D eigenvalue weighted by molar-refractivity contribution is 7.80. The first-order valence-electron chi connectivity index (χ1n) is 2.83. The average molecular weight is 143 g/mol. The first-order valence-corrected chi connectivity index (χ1v) is 3.24. The van der Waals surface area contributed by atoms with Crippen LogP contribution in [0.5, 0.6) is 0 Å². The van der Waals surface area contributed by atoms with Crippen molar-refractivity contribution in [3.05, 3.63) is 0 Å². The number of hydrogen-bond acceptors (Lipinski definition) is 3. The summed E-state index contributed by atoms with van der Waals surface area (Å²) >= 11 is 4.85. The molecule has 1 atom stereocenters. The molecule has 1 unspecified atom stereocenters. The maximum atomic E-state index is 8.27. The van der Waals surface area contributed by atoms with Crippen LogP contribution < -0.4 is 5.53 Å². The number of hydrogen-bond donors (Lipinski definition) is 0. The summed E-state index contributed by atoms with van der Waals surface area (Å²) in [7, 11) is 0. The Kier molecular flexibility index (Phi) is 2.24. The number of ether oxygens (including phenoxy) is 1. The van der Waals surface area contributed by atoms with Gasteiger partial charge >= 0.3 is 0 Å². The molecule has 1 saturated heterocycles. The van der Waals surface area contributed by atoms with Gasteiger partial charge in [-0.25, -0.2) is 0 Å². The molecule has 1 aliphatic rings. The largest absolute Gasteiger partial charge is 0.350 e. The fraction of sp³-hybridized carbons (Fsp3) is 0.800. The van der Waals surface area contributed by atoms with Crippen molar-refractivity contribution in [2.24, 2.45) is 5.11 Å². The number of rotatable bonds is 1. The smallest absolute Gasteiger partial charge is 0.202 e. The Bertz CT molecular complexity index is 137. The molecule has 3 nitrogen and oxygen atoms in total. The van der Waals surface area contributed by atoms with Gasteiger partial charge in [0.05, 0.1) is 6.61 Å². The van der Waals surface area contributed by atoms with Crippen molar-refractivity contribution in [2.45, 2.75) is 19.1 Å². The van der Waals surface area contributed by atoms with Crippen LogP contribution in [-0.2, 0) is 4.74 Å². The summed E-state index contributed by atoms with van der Waals surface area (Å²) in [5.74, 6) is 0. The molecule has 0 aromatic heterocycles. The Morgan fingerprint density at radius 3 is 3.00 bits per heavy atom. The van der Waals surface area contributed by atoms with Crippen molar-refractivity contribution in [1.82, 2.24) is 5.53 Å². The molecule has 0 aromatic rings. The second kappa shape index (κ2) is 2.98. The van der Waals surface area contributed by atoms with Gasteiger partial charge in [-0.05, 0) is 18.4 Å². The summed E-state index contributed by atoms with van der Waals surface area (Å²) in [6.07, 6.45) is 1.25. The van der Waals surface area contributed by atoms with Crippen LogP contribution in [0, 0.1) is 0 Å². The van der Waals surface area contributed by atoms with Crippen LogP contribution >= 0.6 is 12.2 Å². The van der Waals surface area contributed by atoms with Crippen LogP contribution in [-0.4, -0.2) is 17.7 Å². The molecule has 0 aromatic carbocycles. The summed E-state index contributed by atoms with van der Waals surface area (Å²) < 4.78 is 4.98. The van der Waals surface area contributed by atoms with E-state index in [1.807, 2.05) is 0 Å². The Labute approximate surface area is 58.9 Å². The zero-order valence-corrected chi connectivity index (χ0v) is 5.73. The highest BCUT2D eigenvalue weighted by Crippen LogP contribution is 2.10. The molecule has 0 N–H and O–H groups in total. The minimum absolute atomic E-state index is 0.534. The predicted molar refractivity (Wildman–Crippen MR) is 36.1 cm³/mol. The Morgan fingerprint density at radius 2 is 2.56 bits per heavy atom. The lowest BCUT2D eigenvalue weighted by molar-refractivity contribution is 0.0848. The molecule has 1 fully saturated rings. The molecule has 0 saturated carbocycles. The van der Waals surface area contributed by atoms with Gasteiger partial charge < -0.3 is 4.74 Å². The highest BCUT2D eigenvalue weighted by Gasteiger charge is 2.17. The summed E-state index contributed by atoms with van der Waals surface area (Å²) in [6, 6.07) is 0. The lowest BCUT2D eigenvalue weighted by Crippen LogP contribution is -2.25. The van der Waals surface area contributed by atoms with E-state index < -0.39 is 6.23 Å². The molecule has 0 amide bonds. The quantitative estimate of drug-likeness (QED) is 0.401. The maximum absolute atomic E-state index is 8.27. The average Bonchev–Trinajstić information content (AvgIpc) is 1.89. The molecule has 0 bridgehead atoms. The maximum Gasteiger partial charge on any atom is 0.202 e. The van der Waals surface area contributed by atoms with E-state index in [0.717, 1.165) is 12.8 Å². The topological polar surface area (TPSA) is 43.9 Å². The van der Waals surface area contributed by atoms with Crippen LogP contribution in [0.15, 0.2) is 5.11 Å². The van der Waals surface area contributed by atoms with Crippen molar-refractivity contribution in [1.29, 1.82) is 0 Å². The van der Waals surface area contributed by atoms with E-state index >= 15 is 0 Å². The zero-order chi connectivity index (χ0) is 6.69. The van der Waals surface area contributed by atoms with E-state index in [0.29, 0.717) is 11.5 Å². The Hall–Kier alpha value is -0.350. The summed E-state index contributed by atoms with van der Waals surface area (Å²) in [6.45, 7) is 0.648. The van der Waals surface area contributed by atoms with Crippen molar-refractivity contribution in [2.75, 3.05) is 6.61 Å². The minimum atomic E-state index is -0.534. The van der Waals surface area contributed by atoms with Gasteiger partial charge in [-0.3, -0.25) is 0 Å². The van der Waals surface area contributed by atoms with Crippen LogP contribution in [0.2, 0.25) is 0 Å². The third kappa shape index (κ3) is 1.53. The standard InChI is InChI=1S/C5H7N2OS/c6-7-5-4(9)2-1-3-8-5/h5H,1-3H2. The van der Waals surface area contributed by atoms with Crippen molar-refractivity contribution < 1.29 is 4.74 Å². The highest BCUT2D eigenvalue weighted by atomic mass is 32.1. The van der Waals surface area contributed by atoms with E-state index in [2.05, 4.69) is 5.11 Å². The molecule has 0 aliphatic carbocycles. The third-order valence-electron chi connectivity index (χ3n) is 1.22. The van der Waals surface area contributed by atoms with Crippen molar-refractivity contribution in [3.63, 3.8) is 0 Å². The monoisotopic (exact) mass is 143 g/mol. The van der Waals surface area contributed by atoms with Crippen molar-refractivity contribution >= 4 is 17.1 Å². The Balaban J connectivity index is 2.48. The summed E-state index contributed by atoms with van der Waals surface area (Å²) in [5.41, 5.74) is 8.27.